The average molecular weight is 352 g/mol. The molecule has 5 amide bonds. The molecule has 1 aliphatic heterocycles. The van der Waals surface area contributed by atoms with E-state index in [2.05, 4.69) is 16.0 Å². The molecule has 0 aromatic heterocycles. The lowest BCUT2D eigenvalue weighted by Gasteiger charge is -2.36. The molecule has 2 rings (SSSR count). The Kier molecular flexibility index (Phi) is 5.39. The van der Waals surface area contributed by atoms with E-state index < -0.39 is 23.0 Å². The van der Waals surface area contributed by atoms with Gasteiger partial charge < -0.3 is 16.0 Å². The van der Waals surface area contributed by atoms with Gasteiger partial charge in [-0.25, -0.2) is 4.79 Å². The highest BCUT2D eigenvalue weighted by Gasteiger charge is 2.55. The molecule has 25 heavy (non-hydrogen) atoms. The Morgan fingerprint density at radius 1 is 1.24 bits per heavy atom. The molecule has 0 aromatic carbocycles. The topological polar surface area (TPSA) is 108 Å². The summed E-state index contributed by atoms with van der Waals surface area (Å²) in [6.07, 6.45) is 3.39. The average Bonchev–Trinajstić information content (AvgIpc) is 2.72. The van der Waals surface area contributed by atoms with Crippen LogP contribution in [0, 0.1) is 5.92 Å². The SMILES string of the molecule is C[C@H]1CCCC[C@]12NC(=O)N(CC(=O)NCC(=O)NC(C)(C)C)C2=O. The van der Waals surface area contributed by atoms with Gasteiger partial charge in [0.15, 0.2) is 0 Å². The first-order chi connectivity index (χ1) is 11.5. The predicted octanol–water partition coefficient (Wildman–Crippen LogP) is 0.518. The van der Waals surface area contributed by atoms with Crippen molar-refractivity contribution in [3.8, 4) is 0 Å². The summed E-state index contributed by atoms with van der Waals surface area (Å²) in [4.78, 5) is 49.7. The van der Waals surface area contributed by atoms with Crippen LogP contribution in [0.1, 0.15) is 53.4 Å². The van der Waals surface area contributed by atoms with Gasteiger partial charge in [-0.1, -0.05) is 19.8 Å². The Morgan fingerprint density at radius 3 is 2.52 bits per heavy atom. The van der Waals surface area contributed by atoms with E-state index in [-0.39, 0.29) is 30.8 Å². The van der Waals surface area contributed by atoms with Gasteiger partial charge in [-0.15, -0.1) is 0 Å². The molecule has 2 atom stereocenters. The molecule has 0 aromatic rings. The number of hydrogen-bond acceptors (Lipinski definition) is 4. The van der Waals surface area contributed by atoms with Crippen molar-refractivity contribution in [2.24, 2.45) is 5.92 Å². The van der Waals surface area contributed by atoms with E-state index in [0.29, 0.717) is 6.42 Å². The molecule has 1 saturated carbocycles. The van der Waals surface area contributed by atoms with Crippen molar-refractivity contribution in [1.82, 2.24) is 20.9 Å². The summed E-state index contributed by atoms with van der Waals surface area (Å²) < 4.78 is 0. The number of hydrogen-bond donors (Lipinski definition) is 3. The number of nitrogens with zero attached hydrogens (tertiary/aromatic N) is 1. The molecule has 1 saturated heterocycles. The molecule has 3 N–H and O–H groups in total. The van der Waals surface area contributed by atoms with E-state index in [1.165, 1.54) is 0 Å². The first-order valence-corrected chi connectivity index (χ1v) is 8.77. The molecule has 0 unspecified atom stereocenters. The number of amides is 5. The summed E-state index contributed by atoms with van der Waals surface area (Å²) in [5.41, 5.74) is -1.27. The first-order valence-electron chi connectivity index (χ1n) is 8.77. The summed E-state index contributed by atoms with van der Waals surface area (Å²) >= 11 is 0. The fourth-order valence-electron chi connectivity index (χ4n) is 3.48. The quantitative estimate of drug-likeness (QED) is 0.641. The van der Waals surface area contributed by atoms with Crippen molar-refractivity contribution in [3.05, 3.63) is 0 Å². The Labute approximate surface area is 148 Å². The Balaban J connectivity index is 1.91. The van der Waals surface area contributed by atoms with Crippen molar-refractivity contribution in [3.63, 3.8) is 0 Å². The van der Waals surface area contributed by atoms with Crippen LogP contribution in [0.15, 0.2) is 0 Å². The number of imide groups is 1. The van der Waals surface area contributed by atoms with Gasteiger partial charge in [0.25, 0.3) is 5.91 Å². The number of carbonyl (C=O) groups is 4. The zero-order chi connectivity index (χ0) is 18.8. The normalized spacial score (nSPS) is 26.6. The molecule has 8 nitrogen and oxygen atoms in total. The highest BCUT2D eigenvalue weighted by Crippen LogP contribution is 2.38. The number of rotatable bonds is 4. The van der Waals surface area contributed by atoms with Crippen LogP contribution in [-0.4, -0.2) is 52.8 Å². The lowest BCUT2D eigenvalue weighted by Crippen LogP contribution is -2.54. The maximum atomic E-state index is 12.7. The van der Waals surface area contributed by atoms with Gasteiger partial charge in [-0.05, 0) is 39.5 Å². The molecule has 2 aliphatic rings. The summed E-state index contributed by atoms with van der Waals surface area (Å²) in [7, 11) is 0. The number of nitrogens with one attached hydrogen (secondary N) is 3. The summed E-state index contributed by atoms with van der Waals surface area (Å²) in [6, 6.07) is -0.534. The molecule has 2 fully saturated rings. The van der Waals surface area contributed by atoms with Crippen LogP contribution in [0.3, 0.4) is 0 Å². The highest BCUT2D eigenvalue weighted by molar-refractivity contribution is 6.09. The minimum atomic E-state index is -0.876. The van der Waals surface area contributed by atoms with E-state index >= 15 is 0 Å². The van der Waals surface area contributed by atoms with Crippen LogP contribution < -0.4 is 16.0 Å². The van der Waals surface area contributed by atoms with Gasteiger partial charge in [-0.2, -0.15) is 0 Å². The maximum Gasteiger partial charge on any atom is 0.325 e. The van der Waals surface area contributed by atoms with Crippen molar-refractivity contribution in [1.29, 1.82) is 0 Å². The zero-order valence-electron chi connectivity index (χ0n) is 15.4. The summed E-state index contributed by atoms with van der Waals surface area (Å²) in [6.45, 7) is 6.90. The molecular formula is C17H28N4O4. The van der Waals surface area contributed by atoms with Crippen molar-refractivity contribution < 1.29 is 19.2 Å². The molecule has 1 spiro atoms. The van der Waals surface area contributed by atoms with Gasteiger partial charge in [-0.3, -0.25) is 19.3 Å². The van der Waals surface area contributed by atoms with Crippen LogP contribution in [0.4, 0.5) is 4.79 Å². The second-order valence-electron chi connectivity index (χ2n) is 8.01. The first kappa shape index (κ1) is 19.2. The third-order valence-electron chi connectivity index (χ3n) is 4.76. The lowest BCUT2D eigenvalue weighted by atomic mass is 9.73. The Bertz CT molecular complexity index is 584. The third kappa shape index (κ3) is 4.29. The summed E-state index contributed by atoms with van der Waals surface area (Å²) in [5.74, 6) is -1.15. The van der Waals surface area contributed by atoms with Crippen molar-refractivity contribution in [2.75, 3.05) is 13.1 Å². The van der Waals surface area contributed by atoms with Crippen LogP contribution in [0.5, 0.6) is 0 Å². The van der Waals surface area contributed by atoms with Crippen LogP contribution in [-0.2, 0) is 14.4 Å². The van der Waals surface area contributed by atoms with E-state index in [1.54, 1.807) is 0 Å². The van der Waals surface area contributed by atoms with Gasteiger partial charge in [0, 0.05) is 5.54 Å². The van der Waals surface area contributed by atoms with Crippen molar-refractivity contribution in [2.45, 2.75) is 64.5 Å². The van der Waals surface area contributed by atoms with Crippen LogP contribution in [0.25, 0.3) is 0 Å². The monoisotopic (exact) mass is 352 g/mol. The second-order valence-corrected chi connectivity index (χ2v) is 8.01. The number of carbonyl (C=O) groups excluding carboxylic acids is 4. The number of urea groups is 1. The minimum absolute atomic E-state index is 0.0447. The zero-order valence-corrected chi connectivity index (χ0v) is 15.4. The second kappa shape index (κ2) is 7.01. The fourth-order valence-corrected chi connectivity index (χ4v) is 3.48. The Hall–Kier alpha value is -2.12. The Morgan fingerprint density at radius 2 is 1.92 bits per heavy atom. The van der Waals surface area contributed by atoms with E-state index in [0.717, 1.165) is 24.2 Å². The van der Waals surface area contributed by atoms with Gasteiger partial charge in [0.2, 0.25) is 11.8 Å². The van der Waals surface area contributed by atoms with E-state index in [1.807, 2.05) is 27.7 Å². The van der Waals surface area contributed by atoms with Gasteiger partial charge in [0.1, 0.15) is 12.1 Å². The van der Waals surface area contributed by atoms with Crippen LogP contribution >= 0.6 is 0 Å². The highest BCUT2D eigenvalue weighted by atomic mass is 16.2. The van der Waals surface area contributed by atoms with E-state index in [4.69, 9.17) is 0 Å². The fraction of sp³-hybridized carbons (Fsp3) is 0.765. The summed E-state index contributed by atoms with van der Waals surface area (Å²) in [5, 5.41) is 7.97. The molecule has 0 radical (unpaired) electrons. The van der Waals surface area contributed by atoms with Crippen molar-refractivity contribution >= 4 is 23.8 Å². The van der Waals surface area contributed by atoms with E-state index in [9.17, 15) is 19.2 Å². The smallest absolute Gasteiger partial charge is 0.325 e. The molecule has 140 valence electrons. The molecule has 0 bridgehead atoms. The standard InChI is InChI=1S/C17H28N4O4/c1-11-7-5-6-8-17(11)14(24)21(15(25)20-17)10-13(23)18-9-12(22)19-16(2,3)4/h11H,5-10H2,1-4H3,(H,18,23)(H,19,22)(H,20,25)/t11-,17-/m0/s1. The minimum Gasteiger partial charge on any atom is -0.350 e. The lowest BCUT2D eigenvalue weighted by molar-refractivity contribution is -0.137. The largest absolute Gasteiger partial charge is 0.350 e. The maximum absolute atomic E-state index is 12.7. The van der Waals surface area contributed by atoms with Gasteiger partial charge >= 0.3 is 6.03 Å². The van der Waals surface area contributed by atoms with Crippen LogP contribution in [0.2, 0.25) is 0 Å². The molecule has 1 aliphatic carbocycles. The molecule has 8 heteroatoms. The third-order valence-corrected chi connectivity index (χ3v) is 4.76. The van der Waals surface area contributed by atoms with Gasteiger partial charge in [0.05, 0.1) is 6.54 Å². The predicted molar refractivity (Wildman–Crippen MR) is 91.5 cm³/mol. The molecular weight excluding hydrogens is 324 g/mol. The molecule has 1 heterocycles.